The summed E-state index contributed by atoms with van der Waals surface area (Å²) in [5, 5.41) is 5.84. The largest absolute Gasteiger partial charge is 0.378 e. The standard InChI is InChI=1S/C10H16N2O2/c1-3-8(4-2)12-10(13)9-7-14-6-5-11-9/h1,8-9,11H,4-7H2,2H3,(H,12,13). The van der Waals surface area contributed by atoms with E-state index in [-0.39, 0.29) is 18.0 Å². The molecular formula is C10H16N2O2. The van der Waals surface area contributed by atoms with Crippen LogP contribution in [0.4, 0.5) is 0 Å². The van der Waals surface area contributed by atoms with E-state index in [0.29, 0.717) is 19.8 Å². The van der Waals surface area contributed by atoms with Crippen LogP contribution in [0.5, 0.6) is 0 Å². The van der Waals surface area contributed by atoms with Crippen molar-refractivity contribution in [1.82, 2.24) is 10.6 Å². The molecule has 2 unspecified atom stereocenters. The maximum absolute atomic E-state index is 11.6. The lowest BCUT2D eigenvalue weighted by molar-refractivity contribution is -0.126. The molecule has 0 aromatic rings. The monoisotopic (exact) mass is 196 g/mol. The van der Waals surface area contributed by atoms with E-state index in [1.807, 2.05) is 6.92 Å². The molecule has 2 N–H and O–H groups in total. The lowest BCUT2D eigenvalue weighted by Crippen LogP contribution is -2.53. The highest BCUT2D eigenvalue weighted by atomic mass is 16.5. The van der Waals surface area contributed by atoms with Crippen molar-refractivity contribution >= 4 is 5.91 Å². The minimum Gasteiger partial charge on any atom is -0.378 e. The summed E-state index contributed by atoms with van der Waals surface area (Å²) < 4.78 is 5.18. The van der Waals surface area contributed by atoms with Gasteiger partial charge in [0.15, 0.2) is 0 Å². The van der Waals surface area contributed by atoms with E-state index in [2.05, 4.69) is 16.6 Å². The Morgan fingerprint density at radius 2 is 2.64 bits per heavy atom. The Balaban J connectivity index is 2.36. The number of amides is 1. The van der Waals surface area contributed by atoms with Crippen molar-refractivity contribution in [2.75, 3.05) is 19.8 Å². The molecule has 78 valence electrons. The fourth-order valence-corrected chi connectivity index (χ4v) is 1.27. The van der Waals surface area contributed by atoms with Crippen LogP contribution < -0.4 is 10.6 Å². The maximum atomic E-state index is 11.6. The molecule has 4 heteroatoms. The van der Waals surface area contributed by atoms with Crippen LogP contribution in [0.25, 0.3) is 0 Å². The molecule has 1 saturated heterocycles. The second kappa shape index (κ2) is 5.63. The molecule has 1 rings (SSSR count). The Morgan fingerprint density at radius 1 is 1.86 bits per heavy atom. The van der Waals surface area contributed by atoms with E-state index in [4.69, 9.17) is 11.2 Å². The summed E-state index contributed by atoms with van der Waals surface area (Å²) in [7, 11) is 0. The lowest BCUT2D eigenvalue weighted by atomic mass is 10.2. The van der Waals surface area contributed by atoms with Gasteiger partial charge in [0.2, 0.25) is 5.91 Å². The van der Waals surface area contributed by atoms with Gasteiger partial charge in [0.1, 0.15) is 6.04 Å². The van der Waals surface area contributed by atoms with Crippen molar-refractivity contribution in [3.8, 4) is 12.3 Å². The number of carbonyl (C=O) groups is 1. The molecule has 0 aromatic heterocycles. The molecule has 1 fully saturated rings. The van der Waals surface area contributed by atoms with Crippen LogP contribution in [0.2, 0.25) is 0 Å². The number of rotatable bonds is 3. The summed E-state index contributed by atoms with van der Waals surface area (Å²) in [4.78, 5) is 11.6. The van der Waals surface area contributed by atoms with Gasteiger partial charge in [-0.15, -0.1) is 6.42 Å². The molecule has 4 nitrogen and oxygen atoms in total. The number of carbonyl (C=O) groups excluding carboxylic acids is 1. The van der Waals surface area contributed by atoms with Crippen LogP contribution >= 0.6 is 0 Å². The van der Waals surface area contributed by atoms with E-state index in [0.717, 1.165) is 6.42 Å². The first kappa shape index (κ1) is 11.0. The Hall–Kier alpha value is -1.05. The average Bonchev–Trinajstić information content (AvgIpc) is 2.26. The first-order valence-corrected chi connectivity index (χ1v) is 4.85. The topological polar surface area (TPSA) is 50.4 Å². The van der Waals surface area contributed by atoms with Gasteiger partial charge in [-0.2, -0.15) is 0 Å². The van der Waals surface area contributed by atoms with Crippen LogP contribution in [0.1, 0.15) is 13.3 Å². The first-order valence-electron chi connectivity index (χ1n) is 4.85. The lowest BCUT2D eigenvalue weighted by Gasteiger charge is -2.24. The molecule has 0 aliphatic carbocycles. The number of morpholine rings is 1. The molecule has 14 heavy (non-hydrogen) atoms. The predicted octanol–water partition coefficient (Wildman–Crippen LogP) is -0.497. The highest BCUT2D eigenvalue weighted by Gasteiger charge is 2.22. The molecule has 1 amide bonds. The van der Waals surface area contributed by atoms with Crippen molar-refractivity contribution in [3.63, 3.8) is 0 Å². The van der Waals surface area contributed by atoms with Gasteiger partial charge < -0.3 is 15.4 Å². The SMILES string of the molecule is C#CC(CC)NC(=O)C1COCCN1. The van der Waals surface area contributed by atoms with Crippen LogP contribution in [0.15, 0.2) is 0 Å². The van der Waals surface area contributed by atoms with Gasteiger partial charge in [0, 0.05) is 6.54 Å². The average molecular weight is 196 g/mol. The summed E-state index contributed by atoms with van der Waals surface area (Å²) in [5.74, 6) is 2.45. The van der Waals surface area contributed by atoms with Gasteiger partial charge in [-0.3, -0.25) is 4.79 Å². The second-order valence-electron chi connectivity index (χ2n) is 3.22. The third-order valence-electron chi connectivity index (χ3n) is 2.16. The summed E-state index contributed by atoms with van der Waals surface area (Å²) in [6.45, 7) is 3.74. The van der Waals surface area contributed by atoms with Gasteiger partial charge in [-0.1, -0.05) is 12.8 Å². The van der Waals surface area contributed by atoms with Gasteiger partial charge in [-0.25, -0.2) is 0 Å². The number of nitrogens with one attached hydrogen (secondary N) is 2. The van der Waals surface area contributed by atoms with Gasteiger partial charge >= 0.3 is 0 Å². The Kier molecular flexibility index (Phi) is 4.44. The van der Waals surface area contributed by atoms with E-state index < -0.39 is 0 Å². The van der Waals surface area contributed by atoms with Crippen molar-refractivity contribution < 1.29 is 9.53 Å². The highest BCUT2D eigenvalue weighted by Crippen LogP contribution is 1.95. The Morgan fingerprint density at radius 3 is 3.14 bits per heavy atom. The van der Waals surface area contributed by atoms with Gasteiger partial charge in [-0.05, 0) is 6.42 Å². The summed E-state index contributed by atoms with van der Waals surface area (Å²) in [5.41, 5.74) is 0. The molecule has 0 radical (unpaired) electrons. The highest BCUT2D eigenvalue weighted by molar-refractivity contribution is 5.82. The summed E-state index contributed by atoms with van der Waals surface area (Å²) >= 11 is 0. The minimum atomic E-state index is -0.258. The molecule has 0 spiro atoms. The zero-order chi connectivity index (χ0) is 10.4. The first-order chi connectivity index (χ1) is 6.77. The maximum Gasteiger partial charge on any atom is 0.240 e. The number of ether oxygens (including phenoxy) is 1. The van der Waals surface area contributed by atoms with Gasteiger partial charge in [0.05, 0.1) is 19.3 Å². The fraction of sp³-hybridized carbons (Fsp3) is 0.700. The van der Waals surface area contributed by atoms with E-state index in [1.165, 1.54) is 0 Å². The van der Waals surface area contributed by atoms with Crippen molar-refractivity contribution in [2.24, 2.45) is 0 Å². The Labute approximate surface area is 84.4 Å². The third kappa shape index (κ3) is 3.02. The molecule has 1 aliphatic heterocycles. The van der Waals surface area contributed by atoms with E-state index >= 15 is 0 Å². The second-order valence-corrected chi connectivity index (χ2v) is 3.22. The quantitative estimate of drug-likeness (QED) is 0.598. The van der Waals surface area contributed by atoms with Gasteiger partial charge in [0.25, 0.3) is 0 Å². The number of hydrogen-bond donors (Lipinski definition) is 2. The van der Waals surface area contributed by atoms with Crippen LogP contribution in [-0.4, -0.2) is 37.7 Å². The van der Waals surface area contributed by atoms with Crippen LogP contribution in [0, 0.1) is 12.3 Å². The molecule has 2 atom stereocenters. The zero-order valence-electron chi connectivity index (χ0n) is 8.38. The zero-order valence-corrected chi connectivity index (χ0v) is 8.38. The number of hydrogen-bond acceptors (Lipinski definition) is 3. The molecule has 0 aromatic carbocycles. The predicted molar refractivity (Wildman–Crippen MR) is 53.7 cm³/mol. The molecule has 1 heterocycles. The van der Waals surface area contributed by atoms with Crippen LogP contribution in [0.3, 0.4) is 0 Å². The fourth-order valence-electron chi connectivity index (χ4n) is 1.27. The minimum absolute atomic E-state index is 0.0745. The van der Waals surface area contributed by atoms with Crippen molar-refractivity contribution in [2.45, 2.75) is 25.4 Å². The van der Waals surface area contributed by atoms with Crippen LogP contribution in [-0.2, 0) is 9.53 Å². The smallest absolute Gasteiger partial charge is 0.240 e. The molecule has 0 bridgehead atoms. The third-order valence-corrected chi connectivity index (χ3v) is 2.16. The van der Waals surface area contributed by atoms with Crippen molar-refractivity contribution in [1.29, 1.82) is 0 Å². The summed E-state index contributed by atoms with van der Waals surface area (Å²) in [6.07, 6.45) is 5.99. The molecular weight excluding hydrogens is 180 g/mol. The van der Waals surface area contributed by atoms with E-state index in [9.17, 15) is 4.79 Å². The molecule has 1 aliphatic rings. The molecule has 0 saturated carbocycles. The normalized spacial score (nSPS) is 23.6. The Bertz CT molecular complexity index is 229. The van der Waals surface area contributed by atoms with E-state index in [1.54, 1.807) is 0 Å². The summed E-state index contributed by atoms with van der Waals surface area (Å²) in [6, 6.07) is -0.433. The van der Waals surface area contributed by atoms with Crippen molar-refractivity contribution in [3.05, 3.63) is 0 Å². The number of terminal acetylenes is 1.